The van der Waals surface area contributed by atoms with Crippen LogP contribution in [0.3, 0.4) is 0 Å². The largest absolute Gasteiger partial charge is 0.496 e. The third-order valence-electron chi connectivity index (χ3n) is 4.08. The lowest BCUT2D eigenvalue weighted by atomic mass is 9.79. The van der Waals surface area contributed by atoms with Gasteiger partial charge in [0.25, 0.3) is 0 Å². The number of benzene rings is 1. The Morgan fingerprint density at radius 2 is 2.11 bits per heavy atom. The molecule has 0 amide bonds. The fraction of sp³-hybridized carbons (Fsp3) is 0.533. The van der Waals surface area contributed by atoms with Gasteiger partial charge in [-0.15, -0.1) is 0 Å². The van der Waals surface area contributed by atoms with Crippen molar-refractivity contribution in [3.8, 4) is 5.75 Å². The molecule has 1 atom stereocenters. The number of carbonyl (C=O) groups is 1. The van der Waals surface area contributed by atoms with Crippen LogP contribution in [0.25, 0.3) is 0 Å². The van der Waals surface area contributed by atoms with Gasteiger partial charge in [0, 0.05) is 12.8 Å². The molecule has 1 heterocycles. The molecule has 2 rings (SSSR count). The standard InChI is InChI=1S/C15H20O4/c1-10-11(2)13(18-3)5-4-12(10)15(8-9-19-15)7-6-14(16)17/h4-5H,6-9H2,1-3H3,(H,16,17). The zero-order chi connectivity index (χ0) is 14.0. The Balaban J connectivity index is 2.33. The van der Waals surface area contributed by atoms with Gasteiger partial charge in [-0.25, -0.2) is 0 Å². The third-order valence-corrected chi connectivity index (χ3v) is 4.08. The second-order valence-electron chi connectivity index (χ2n) is 5.05. The van der Waals surface area contributed by atoms with Gasteiger partial charge < -0.3 is 14.6 Å². The predicted octanol–water partition coefficient (Wildman–Crippen LogP) is 2.79. The first kappa shape index (κ1) is 13.9. The lowest BCUT2D eigenvalue weighted by Crippen LogP contribution is -2.42. The van der Waals surface area contributed by atoms with Gasteiger partial charge in [-0.1, -0.05) is 6.07 Å². The van der Waals surface area contributed by atoms with Gasteiger partial charge in [-0.05, 0) is 43.0 Å². The van der Waals surface area contributed by atoms with Crippen LogP contribution in [0.15, 0.2) is 12.1 Å². The maximum Gasteiger partial charge on any atom is 0.303 e. The van der Waals surface area contributed by atoms with Crippen LogP contribution in [0.4, 0.5) is 0 Å². The SMILES string of the molecule is COc1ccc(C2(CCC(=O)O)CCO2)c(C)c1C. The number of hydrogen-bond donors (Lipinski definition) is 1. The molecule has 1 aromatic carbocycles. The van der Waals surface area contributed by atoms with Crippen molar-refractivity contribution < 1.29 is 19.4 Å². The number of carboxylic acids is 1. The summed E-state index contributed by atoms with van der Waals surface area (Å²) in [7, 11) is 1.65. The molecule has 1 saturated heterocycles. The Morgan fingerprint density at radius 3 is 2.58 bits per heavy atom. The van der Waals surface area contributed by atoms with E-state index in [0.717, 1.165) is 28.9 Å². The van der Waals surface area contributed by atoms with E-state index in [9.17, 15) is 4.79 Å². The van der Waals surface area contributed by atoms with E-state index in [-0.39, 0.29) is 6.42 Å². The fourth-order valence-electron chi connectivity index (χ4n) is 2.71. The minimum absolute atomic E-state index is 0.129. The van der Waals surface area contributed by atoms with Crippen LogP contribution in [0, 0.1) is 13.8 Å². The number of methoxy groups -OCH3 is 1. The van der Waals surface area contributed by atoms with Gasteiger partial charge in [-0.3, -0.25) is 4.79 Å². The Kier molecular flexibility index (Phi) is 3.80. The van der Waals surface area contributed by atoms with Crippen molar-refractivity contribution in [2.75, 3.05) is 13.7 Å². The van der Waals surface area contributed by atoms with E-state index in [1.165, 1.54) is 0 Å². The number of aliphatic carboxylic acids is 1. The molecule has 1 aromatic rings. The third kappa shape index (κ3) is 2.45. The molecule has 0 saturated carbocycles. The van der Waals surface area contributed by atoms with Gasteiger partial charge in [0.2, 0.25) is 0 Å². The molecule has 1 aliphatic rings. The Hall–Kier alpha value is -1.55. The Labute approximate surface area is 113 Å². The zero-order valence-corrected chi connectivity index (χ0v) is 11.7. The summed E-state index contributed by atoms with van der Waals surface area (Å²) in [5.74, 6) is 0.0757. The highest BCUT2D eigenvalue weighted by atomic mass is 16.5. The van der Waals surface area contributed by atoms with Crippen molar-refractivity contribution in [3.63, 3.8) is 0 Å². The van der Waals surface area contributed by atoms with Gasteiger partial charge in [0.1, 0.15) is 5.75 Å². The molecule has 19 heavy (non-hydrogen) atoms. The molecule has 1 aliphatic heterocycles. The molecular formula is C15H20O4. The molecule has 0 aliphatic carbocycles. The van der Waals surface area contributed by atoms with E-state index >= 15 is 0 Å². The summed E-state index contributed by atoms with van der Waals surface area (Å²) in [5.41, 5.74) is 2.90. The van der Waals surface area contributed by atoms with Crippen molar-refractivity contribution in [2.45, 2.75) is 38.7 Å². The quantitative estimate of drug-likeness (QED) is 0.888. The van der Waals surface area contributed by atoms with E-state index in [1.54, 1.807) is 7.11 Å². The van der Waals surface area contributed by atoms with Crippen molar-refractivity contribution in [3.05, 3.63) is 28.8 Å². The van der Waals surface area contributed by atoms with Crippen LogP contribution in [0.2, 0.25) is 0 Å². The van der Waals surface area contributed by atoms with Crippen molar-refractivity contribution in [1.29, 1.82) is 0 Å². The highest BCUT2D eigenvalue weighted by Crippen LogP contribution is 2.44. The normalized spacial score (nSPS) is 21.8. The minimum Gasteiger partial charge on any atom is -0.496 e. The Bertz CT molecular complexity index is 489. The van der Waals surface area contributed by atoms with Crippen LogP contribution in [-0.2, 0) is 15.1 Å². The fourth-order valence-corrected chi connectivity index (χ4v) is 2.71. The summed E-state index contributed by atoms with van der Waals surface area (Å²) < 4.78 is 11.1. The van der Waals surface area contributed by atoms with Crippen LogP contribution in [0.1, 0.15) is 36.0 Å². The highest BCUT2D eigenvalue weighted by Gasteiger charge is 2.41. The molecule has 1 unspecified atom stereocenters. The smallest absolute Gasteiger partial charge is 0.303 e. The molecule has 1 fully saturated rings. The number of carboxylic acid groups (broad SMARTS) is 1. The van der Waals surface area contributed by atoms with E-state index in [2.05, 4.69) is 0 Å². The summed E-state index contributed by atoms with van der Waals surface area (Å²) >= 11 is 0. The lowest BCUT2D eigenvalue weighted by Gasteiger charge is -2.43. The molecule has 1 N–H and O–H groups in total. The van der Waals surface area contributed by atoms with Crippen molar-refractivity contribution in [2.24, 2.45) is 0 Å². The van der Waals surface area contributed by atoms with E-state index in [1.807, 2.05) is 26.0 Å². The van der Waals surface area contributed by atoms with Crippen LogP contribution >= 0.6 is 0 Å². The number of rotatable bonds is 5. The first-order valence-electron chi connectivity index (χ1n) is 6.50. The molecule has 0 bridgehead atoms. The molecular weight excluding hydrogens is 244 g/mol. The average Bonchev–Trinajstić information content (AvgIpc) is 2.32. The summed E-state index contributed by atoms with van der Waals surface area (Å²) in [5, 5.41) is 8.87. The van der Waals surface area contributed by atoms with E-state index in [0.29, 0.717) is 13.0 Å². The van der Waals surface area contributed by atoms with Crippen LogP contribution in [0.5, 0.6) is 5.75 Å². The minimum atomic E-state index is -0.780. The predicted molar refractivity (Wildman–Crippen MR) is 71.6 cm³/mol. The number of ether oxygens (including phenoxy) is 2. The van der Waals surface area contributed by atoms with Gasteiger partial charge in [-0.2, -0.15) is 0 Å². The maximum atomic E-state index is 10.8. The van der Waals surface area contributed by atoms with Crippen molar-refractivity contribution >= 4 is 5.97 Å². The van der Waals surface area contributed by atoms with Crippen LogP contribution in [-0.4, -0.2) is 24.8 Å². The molecule has 0 radical (unpaired) electrons. The summed E-state index contributed by atoms with van der Waals surface area (Å²) in [6.45, 7) is 4.75. The van der Waals surface area contributed by atoms with Gasteiger partial charge in [0.15, 0.2) is 0 Å². The second kappa shape index (κ2) is 5.21. The monoisotopic (exact) mass is 264 g/mol. The van der Waals surface area contributed by atoms with Gasteiger partial charge in [0.05, 0.1) is 19.3 Å². The first-order valence-corrected chi connectivity index (χ1v) is 6.50. The molecule has 104 valence electrons. The molecule has 4 heteroatoms. The molecule has 4 nitrogen and oxygen atoms in total. The molecule has 0 aromatic heterocycles. The summed E-state index contributed by atoms with van der Waals surface area (Å²) in [6.07, 6.45) is 1.53. The highest BCUT2D eigenvalue weighted by molar-refractivity contribution is 5.67. The van der Waals surface area contributed by atoms with Crippen LogP contribution < -0.4 is 4.74 Å². The topological polar surface area (TPSA) is 55.8 Å². The molecule has 0 spiro atoms. The van der Waals surface area contributed by atoms with Crippen molar-refractivity contribution in [1.82, 2.24) is 0 Å². The zero-order valence-electron chi connectivity index (χ0n) is 11.7. The maximum absolute atomic E-state index is 10.8. The van der Waals surface area contributed by atoms with Gasteiger partial charge >= 0.3 is 5.97 Å². The lowest BCUT2D eigenvalue weighted by molar-refractivity contribution is -0.166. The second-order valence-corrected chi connectivity index (χ2v) is 5.05. The van der Waals surface area contributed by atoms with E-state index < -0.39 is 11.6 Å². The Morgan fingerprint density at radius 1 is 1.42 bits per heavy atom. The summed E-state index contributed by atoms with van der Waals surface area (Å²) in [4.78, 5) is 10.8. The average molecular weight is 264 g/mol. The number of hydrogen-bond acceptors (Lipinski definition) is 3. The van der Waals surface area contributed by atoms with E-state index in [4.69, 9.17) is 14.6 Å². The summed E-state index contributed by atoms with van der Waals surface area (Å²) in [6, 6.07) is 3.93. The first-order chi connectivity index (χ1) is 9.00.